The summed E-state index contributed by atoms with van der Waals surface area (Å²) >= 11 is 0. The lowest BCUT2D eigenvalue weighted by atomic mass is 9.38. The standard InChI is InChI=1S/C33H42O11/c1-9-31(7)16-21(37)25-32(8)22(15-23(41-17(2)34)33(25,40)29(31)39)30(5,6)26(43-19(4)36)24(42-18(3)35)27(32)44-28(38)20-13-11-10-12-14-20/h9-14,21-27,37,40H,1,15-16H2,2-8H3/t21-,22+,23-,24+,25+,26-,27-,31+,32-,33+/m1/s1. The van der Waals surface area contributed by atoms with E-state index in [1.165, 1.54) is 32.1 Å². The molecule has 11 heteroatoms. The Balaban J connectivity index is 2.03. The Kier molecular flexibility index (Phi) is 8.64. The van der Waals surface area contributed by atoms with Gasteiger partial charge in [0.25, 0.3) is 0 Å². The number of fused-ring (bicyclic) bond motifs is 3. The van der Waals surface area contributed by atoms with E-state index in [9.17, 15) is 34.2 Å². The van der Waals surface area contributed by atoms with Crippen LogP contribution < -0.4 is 0 Å². The normalized spacial score (nSPS) is 39.1. The van der Waals surface area contributed by atoms with E-state index in [0.29, 0.717) is 0 Å². The van der Waals surface area contributed by atoms with Crippen molar-refractivity contribution in [2.75, 3.05) is 0 Å². The molecule has 0 aliphatic heterocycles. The Morgan fingerprint density at radius 2 is 1.45 bits per heavy atom. The lowest BCUT2D eigenvalue weighted by Gasteiger charge is -2.69. The molecule has 3 aliphatic carbocycles. The largest absolute Gasteiger partial charge is 0.459 e. The van der Waals surface area contributed by atoms with Crippen LogP contribution in [-0.2, 0) is 38.1 Å². The van der Waals surface area contributed by atoms with Gasteiger partial charge in [-0.05, 0) is 37.8 Å². The summed E-state index contributed by atoms with van der Waals surface area (Å²) in [6, 6.07) is 8.05. The summed E-state index contributed by atoms with van der Waals surface area (Å²) < 4.78 is 23.4. The van der Waals surface area contributed by atoms with Gasteiger partial charge in [0, 0.05) is 42.9 Å². The van der Waals surface area contributed by atoms with E-state index in [2.05, 4.69) is 6.58 Å². The molecule has 0 heterocycles. The first-order valence-corrected chi connectivity index (χ1v) is 14.7. The molecule has 0 aromatic heterocycles. The molecule has 4 rings (SSSR count). The molecule has 0 radical (unpaired) electrons. The Hall–Kier alpha value is -3.57. The number of allylic oxidation sites excluding steroid dienone is 1. The van der Waals surface area contributed by atoms with Crippen LogP contribution in [0.4, 0.5) is 0 Å². The van der Waals surface area contributed by atoms with Crippen molar-refractivity contribution in [3.63, 3.8) is 0 Å². The number of hydrogen-bond donors (Lipinski definition) is 2. The molecule has 11 nitrogen and oxygen atoms in total. The average molecular weight is 615 g/mol. The highest BCUT2D eigenvalue weighted by Crippen LogP contribution is 2.67. The molecule has 3 saturated carbocycles. The highest BCUT2D eigenvalue weighted by Gasteiger charge is 2.78. The van der Waals surface area contributed by atoms with Crippen molar-refractivity contribution in [3.05, 3.63) is 48.6 Å². The Morgan fingerprint density at radius 3 is 1.98 bits per heavy atom. The number of ether oxygens (including phenoxy) is 4. The summed E-state index contributed by atoms with van der Waals surface area (Å²) in [5.41, 5.74) is -6.28. The SMILES string of the molecule is C=C[C@@]1(C)C[C@@H](O)[C@@H]2[C@](O)(C1=O)[C@H](OC(C)=O)C[C@H]1C(C)(C)[C@H](OC(C)=O)[C@H](OC(C)=O)[C@@H](OC(=O)c3ccccc3)[C@@]21C. The Labute approximate surface area is 256 Å². The molecule has 10 atom stereocenters. The van der Waals surface area contributed by atoms with E-state index in [-0.39, 0.29) is 18.4 Å². The first-order valence-electron chi connectivity index (χ1n) is 14.7. The highest BCUT2D eigenvalue weighted by atomic mass is 16.6. The highest BCUT2D eigenvalue weighted by molar-refractivity contribution is 5.96. The third-order valence-corrected chi connectivity index (χ3v) is 10.2. The molecule has 0 saturated heterocycles. The van der Waals surface area contributed by atoms with Gasteiger partial charge < -0.3 is 29.2 Å². The van der Waals surface area contributed by atoms with Crippen molar-refractivity contribution < 1.29 is 53.1 Å². The molecular weight excluding hydrogens is 572 g/mol. The lowest BCUT2D eigenvalue weighted by Crippen LogP contribution is -2.80. The molecule has 3 fully saturated rings. The average Bonchev–Trinajstić information content (AvgIpc) is 2.93. The molecule has 0 bridgehead atoms. The van der Waals surface area contributed by atoms with Crippen LogP contribution in [0.25, 0.3) is 0 Å². The predicted molar refractivity (Wildman–Crippen MR) is 155 cm³/mol. The zero-order valence-corrected chi connectivity index (χ0v) is 26.2. The summed E-state index contributed by atoms with van der Waals surface area (Å²) in [5.74, 6) is -5.82. The first kappa shape index (κ1) is 33.3. The van der Waals surface area contributed by atoms with Crippen LogP contribution in [0.2, 0.25) is 0 Å². The van der Waals surface area contributed by atoms with Crippen LogP contribution in [0.15, 0.2) is 43.0 Å². The second-order valence-electron chi connectivity index (χ2n) is 13.4. The van der Waals surface area contributed by atoms with E-state index in [1.54, 1.807) is 39.0 Å². The molecule has 44 heavy (non-hydrogen) atoms. The van der Waals surface area contributed by atoms with Gasteiger partial charge in [0.05, 0.1) is 11.7 Å². The van der Waals surface area contributed by atoms with Gasteiger partial charge in [-0.1, -0.05) is 45.0 Å². The number of ketones is 1. The predicted octanol–water partition coefficient (Wildman–Crippen LogP) is 2.95. The lowest BCUT2D eigenvalue weighted by molar-refractivity contribution is -0.315. The zero-order chi connectivity index (χ0) is 33.0. The summed E-state index contributed by atoms with van der Waals surface area (Å²) in [5, 5.41) is 24.5. The van der Waals surface area contributed by atoms with Gasteiger partial charge in [0.2, 0.25) is 0 Å². The number of benzene rings is 1. The zero-order valence-electron chi connectivity index (χ0n) is 26.2. The summed E-state index contributed by atoms with van der Waals surface area (Å²) in [6.45, 7) is 14.0. The molecule has 3 aliphatic rings. The van der Waals surface area contributed by atoms with Gasteiger partial charge in [0.15, 0.2) is 17.5 Å². The van der Waals surface area contributed by atoms with Crippen molar-refractivity contribution in [1.82, 2.24) is 0 Å². The molecule has 0 spiro atoms. The van der Waals surface area contributed by atoms with E-state index in [1.807, 2.05) is 0 Å². The fourth-order valence-electron chi connectivity index (χ4n) is 8.43. The van der Waals surface area contributed by atoms with Crippen molar-refractivity contribution in [2.45, 2.75) is 97.4 Å². The quantitative estimate of drug-likeness (QED) is 0.275. The minimum Gasteiger partial charge on any atom is -0.459 e. The molecule has 240 valence electrons. The second-order valence-corrected chi connectivity index (χ2v) is 13.4. The molecule has 1 aromatic rings. The van der Waals surface area contributed by atoms with Crippen LogP contribution in [0.1, 0.15) is 71.7 Å². The number of carbonyl (C=O) groups excluding carboxylic acids is 5. The van der Waals surface area contributed by atoms with Crippen LogP contribution in [0.3, 0.4) is 0 Å². The fraction of sp³-hybridized carbons (Fsp3) is 0.606. The summed E-state index contributed by atoms with van der Waals surface area (Å²) in [6.07, 6.45) is -5.75. The van der Waals surface area contributed by atoms with Crippen molar-refractivity contribution in [1.29, 1.82) is 0 Å². The molecule has 0 unspecified atom stereocenters. The van der Waals surface area contributed by atoms with E-state index < -0.39 is 93.9 Å². The van der Waals surface area contributed by atoms with Crippen molar-refractivity contribution in [2.24, 2.45) is 28.1 Å². The maximum Gasteiger partial charge on any atom is 0.338 e. The van der Waals surface area contributed by atoms with Crippen molar-refractivity contribution in [3.8, 4) is 0 Å². The second kappa shape index (κ2) is 11.4. The molecule has 2 N–H and O–H groups in total. The first-order chi connectivity index (χ1) is 20.3. The van der Waals surface area contributed by atoms with E-state index in [0.717, 1.165) is 13.8 Å². The minimum absolute atomic E-state index is 0.133. The fourth-order valence-corrected chi connectivity index (χ4v) is 8.43. The number of aliphatic hydroxyl groups is 2. The van der Waals surface area contributed by atoms with Gasteiger partial charge >= 0.3 is 23.9 Å². The number of carbonyl (C=O) groups is 5. The third-order valence-electron chi connectivity index (χ3n) is 10.2. The Morgan fingerprint density at radius 1 is 0.886 bits per heavy atom. The van der Waals surface area contributed by atoms with E-state index >= 15 is 0 Å². The Bertz CT molecular complexity index is 1350. The number of aliphatic hydroxyl groups excluding tert-OH is 1. The van der Waals surface area contributed by atoms with Crippen LogP contribution in [-0.4, -0.2) is 76.0 Å². The van der Waals surface area contributed by atoms with Gasteiger partial charge in [-0.3, -0.25) is 19.2 Å². The molecular formula is C33H42O11. The molecule has 0 amide bonds. The van der Waals surface area contributed by atoms with E-state index in [4.69, 9.17) is 18.9 Å². The minimum atomic E-state index is -2.46. The number of esters is 4. The number of rotatable bonds is 6. The third kappa shape index (κ3) is 5.13. The van der Waals surface area contributed by atoms with Gasteiger partial charge in [-0.2, -0.15) is 0 Å². The van der Waals surface area contributed by atoms with Crippen LogP contribution >= 0.6 is 0 Å². The smallest absolute Gasteiger partial charge is 0.338 e. The maximum absolute atomic E-state index is 14.3. The summed E-state index contributed by atoms with van der Waals surface area (Å²) in [7, 11) is 0. The molecule has 1 aromatic carbocycles. The topological polar surface area (TPSA) is 163 Å². The van der Waals surface area contributed by atoms with Crippen LogP contribution in [0.5, 0.6) is 0 Å². The van der Waals surface area contributed by atoms with Gasteiger partial charge in [0.1, 0.15) is 18.3 Å². The number of Topliss-reactive ketones (excluding diaryl/α,β-unsaturated/α-hetero) is 1. The van der Waals surface area contributed by atoms with Gasteiger partial charge in [-0.25, -0.2) is 4.79 Å². The number of hydrogen-bond acceptors (Lipinski definition) is 11. The van der Waals surface area contributed by atoms with Crippen molar-refractivity contribution >= 4 is 29.7 Å². The summed E-state index contributed by atoms with van der Waals surface area (Å²) in [4.78, 5) is 65.3. The monoisotopic (exact) mass is 614 g/mol. The maximum atomic E-state index is 14.3. The van der Waals surface area contributed by atoms with Crippen LogP contribution in [0, 0.1) is 28.1 Å². The van der Waals surface area contributed by atoms with Gasteiger partial charge in [-0.15, -0.1) is 6.58 Å².